The number of aromatic nitrogens is 8. The highest BCUT2D eigenvalue weighted by molar-refractivity contribution is 6.02. The van der Waals surface area contributed by atoms with Gasteiger partial charge in [-0.3, -0.25) is 25.0 Å². The predicted molar refractivity (Wildman–Crippen MR) is 234 cm³/mol. The molecule has 4 aliphatic carbocycles. The van der Waals surface area contributed by atoms with Crippen molar-refractivity contribution in [2.45, 2.75) is 76.3 Å². The third-order valence-electron chi connectivity index (χ3n) is 13.2. The number of hydrogen-bond donors (Lipinski definition) is 7. The van der Waals surface area contributed by atoms with Crippen LogP contribution in [0.2, 0.25) is 0 Å². The summed E-state index contributed by atoms with van der Waals surface area (Å²) >= 11 is 0. The van der Waals surface area contributed by atoms with Crippen LogP contribution in [0.15, 0.2) is 97.6 Å². The number of nitrogens with zero attached hydrogens (tertiary/aromatic N) is 4. The maximum absolute atomic E-state index is 12.8. The molecule has 0 atom stereocenters. The molecule has 13 nitrogen and oxygen atoms in total. The number of rotatable bonds is 5. The summed E-state index contributed by atoms with van der Waals surface area (Å²) in [5, 5.41) is 29.3. The average Bonchev–Trinajstić information content (AvgIpc) is 4.07. The first kappa shape index (κ1) is 38.3. The molecule has 308 valence electrons. The largest absolute Gasteiger partial charge is 0.478 e. The number of hydrogen-bond acceptors (Lipinski definition) is 7. The molecular weight excluding hydrogens is 765 g/mol. The molecule has 2 saturated carbocycles. The Labute approximate surface area is 352 Å². The maximum Gasteiger partial charge on any atom is 0.335 e. The topological polar surface area (TPSA) is 207 Å². The van der Waals surface area contributed by atoms with Gasteiger partial charge in [0.25, 0.3) is 5.91 Å². The van der Waals surface area contributed by atoms with Gasteiger partial charge in [0.15, 0.2) is 0 Å². The zero-order chi connectivity index (χ0) is 41.9. The summed E-state index contributed by atoms with van der Waals surface area (Å²) in [6, 6.07) is 22.7. The van der Waals surface area contributed by atoms with Crippen LogP contribution < -0.4 is 11.1 Å². The highest BCUT2D eigenvalue weighted by Gasteiger charge is 2.50. The number of benzene rings is 2. The molecule has 0 radical (unpaired) electrons. The third kappa shape index (κ3) is 6.69. The summed E-state index contributed by atoms with van der Waals surface area (Å²) in [5.74, 6) is 0.479. The quantitative estimate of drug-likeness (QED) is 0.0901. The molecular formula is C48H48N10O3. The first-order chi connectivity index (χ1) is 29.6. The second kappa shape index (κ2) is 15.0. The van der Waals surface area contributed by atoms with E-state index in [1.165, 1.54) is 35.1 Å². The summed E-state index contributed by atoms with van der Waals surface area (Å²) in [6.45, 7) is 5.55. The van der Waals surface area contributed by atoms with Gasteiger partial charge in [-0.25, -0.2) is 4.79 Å². The van der Waals surface area contributed by atoms with Crippen LogP contribution in [0.25, 0.3) is 44.6 Å². The van der Waals surface area contributed by atoms with Gasteiger partial charge < -0.3 is 26.1 Å². The van der Waals surface area contributed by atoms with Gasteiger partial charge in [0, 0.05) is 68.3 Å². The fraction of sp³-hybridized carbons (Fsp3) is 0.292. The van der Waals surface area contributed by atoms with Crippen LogP contribution in [-0.2, 0) is 36.8 Å². The van der Waals surface area contributed by atoms with Crippen molar-refractivity contribution in [3.63, 3.8) is 0 Å². The van der Waals surface area contributed by atoms with E-state index in [0.29, 0.717) is 30.1 Å². The highest BCUT2D eigenvalue weighted by atomic mass is 16.4. The van der Waals surface area contributed by atoms with Crippen molar-refractivity contribution < 1.29 is 14.7 Å². The number of amides is 1. The number of nitrogens with two attached hydrogens (primary N) is 1. The van der Waals surface area contributed by atoms with E-state index in [-0.39, 0.29) is 16.7 Å². The van der Waals surface area contributed by atoms with Crippen LogP contribution in [0.1, 0.15) is 93.9 Å². The minimum Gasteiger partial charge on any atom is -0.478 e. The molecule has 0 saturated heterocycles. The molecule has 2 spiro atoms. The number of pyridine rings is 2. The number of H-pyrrole nitrogens is 4. The minimum absolute atomic E-state index is 0.0773. The SMILES string of the molecule is CC1CC2(Cc3cn[nH]c3-c3[nH]c4ccc(C(=O)NCc5ccccn5)cc4c32)C1.CC1CC2(Cc3cn[nH]c3-c3[nH]c4ccc(C(=O)O)cc4c32)C1.NCc1ccccn1. The second-order valence-corrected chi connectivity index (χ2v) is 17.6. The lowest BCUT2D eigenvalue weighted by Crippen LogP contribution is -2.43. The lowest BCUT2D eigenvalue weighted by Gasteiger charge is -2.49. The monoisotopic (exact) mass is 812 g/mol. The van der Waals surface area contributed by atoms with Gasteiger partial charge in [0.05, 0.1) is 58.7 Å². The van der Waals surface area contributed by atoms with Gasteiger partial charge in [-0.05, 0) is 122 Å². The Morgan fingerprint density at radius 2 is 1.21 bits per heavy atom. The number of carbonyl (C=O) groups excluding carboxylic acids is 1. The Morgan fingerprint density at radius 3 is 1.67 bits per heavy atom. The van der Waals surface area contributed by atoms with E-state index in [4.69, 9.17) is 5.73 Å². The number of carboxylic acids is 1. The minimum atomic E-state index is -0.879. The van der Waals surface area contributed by atoms with Crippen molar-refractivity contribution in [3.8, 4) is 22.8 Å². The van der Waals surface area contributed by atoms with Crippen molar-refractivity contribution in [2.24, 2.45) is 17.6 Å². The first-order valence-electron chi connectivity index (χ1n) is 21.0. The van der Waals surface area contributed by atoms with Crippen molar-refractivity contribution in [1.82, 2.24) is 45.6 Å². The highest BCUT2D eigenvalue weighted by Crippen LogP contribution is 2.58. The number of fused-ring (bicyclic) bond motifs is 12. The molecule has 12 rings (SSSR count). The lowest BCUT2D eigenvalue weighted by atomic mass is 9.54. The summed E-state index contributed by atoms with van der Waals surface area (Å²) < 4.78 is 0. The summed E-state index contributed by atoms with van der Waals surface area (Å²) in [7, 11) is 0. The van der Waals surface area contributed by atoms with Gasteiger partial charge >= 0.3 is 5.97 Å². The molecule has 6 aromatic heterocycles. The molecule has 0 bridgehead atoms. The molecule has 0 unspecified atom stereocenters. The second-order valence-electron chi connectivity index (χ2n) is 17.6. The van der Waals surface area contributed by atoms with Crippen LogP contribution in [0, 0.1) is 11.8 Å². The molecule has 2 aromatic carbocycles. The molecule has 6 heterocycles. The van der Waals surface area contributed by atoms with E-state index in [9.17, 15) is 14.7 Å². The Hall–Kier alpha value is -6.86. The maximum atomic E-state index is 12.8. The third-order valence-corrected chi connectivity index (χ3v) is 13.2. The molecule has 8 N–H and O–H groups in total. The van der Waals surface area contributed by atoms with Crippen LogP contribution >= 0.6 is 0 Å². The molecule has 8 aromatic rings. The summed E-state index contributed by atoms with van der Waals surface area (Å²) in [4.78, 5) is 39.6. The Bertz CT molecular complexity index is 2910. The Balaban J connectivity index is 0.000000127. The van der Waals surface area contributed by atoms with Gasteiger partial charge in [-0.2, -0.15) is 10.2 Å². The van der Waals surface area contributed by atoms with Crippen molar-refractivity contribution >= 4 is 33.7 Å². The predicted octanol–water partition coefficient (Wildman–Crippen LogP) is 8.13. The normalized spacial score (nSPS) is 21.4. The van der Waals surface area contributed by atoms with Gasteiger partial charge in [0.1, 0.15) is 0 Å². The molecule has 2 fully saturated rings. The summed E-state index contributed by atoms with van der Waals surface area (Å²) in [6.07, 6.45) is 14.0. The van der Waals surface area contributed by atoms with E-state index in [1.54, 1.807) is 18.5 Å². The number of carbonyl (C=O) groups is 2. The fourth-order valence-electron chi connectivity index (χ4n) is 10.9. The molecule has 61 heavy (non-hydrogen) atoms. The van der Waals surface area contributed by atoms with E-state index >= 15 is 0 Å². The number of nitrogens with one attached hydrogen (secondary N) is 5. The average molecular weight is 813 g/mol. The van der Waals surface area contributed by atoms with Crippen molar-refractivity contribution in [3.05, 3.63) is 142 Å². The van der Waals surface area contributed by atoms with Crippen LogP contribution in [0.4, 0.5) is 0 Å². The zero-order valence-electron chi connectivity index (χ0n) is 34.2. The standard InChI is InChI=1S/C24H23N5O.C18H17N3O2.C6H8N2/c1-14-9-24(10-14)11-16-12-27-29-21(16)22-20(24)18-8-15(5-6-19(18)28-22)23(30)26-13-17-4-2-3-7-25-17;1-9-5-18(6-9)7-11-8-19-21-15(11)16-14(18)12-4-10(17(22)23)2-3-13(12)20-16;7-5-6-3-1-2-4-8-6/h2-8,12,14,28H,9-11,13H2,1H3,(H,26,30)(H,27,29);2-4,8-9,20H,5-7H2,1H3,(H,19,21)(H,22,23);1-4H,5,7H2. The number of aromatic carboxylic acids is 1. The molecule has 4 aliphatic rings. The fourth-order valence-corrected chi connectivity index (χ4v) is 10.9. The molecule has 13 heteroatoms. The van der Waals surface area contributed by atoms with Gasteiger partial charge in [-0.1, -0.05) is 26.0 Å². The van der Waals surface area contributed by atoms with E-state index < -0.39 is 5.97 Å². The van der Waals surface area contributed by atoms with Crippen LogP contribution in [0.5, 0.6) is 0 Å². The smallest absolute Gasteiger partial charge is 0.335 e. The Morgan fingerprint density at radius 1 is 0.705 bits per heavy atom. The van der Waals surface area contributed by atoms with E-state index in [2.05, 4.69) is 59.5 Å². The number of aromatic amines is 4. The van der Waals surface area contributed by atoms with Crippen LogP contribution in [-0.4, -0.2) is 57.3 Å². The first-order valence-corrected chi connectivity index (χ1v) is 21.0. The zero-order valence-corrected chi connectivity index (χ0v) is 34.2. The van der Waals surface area contributed by atoms with Crippen LogP contribution in [0.3, 0.4) is 0 Å². The summed E-state index contributed by atoms with van der Waals surface area (Å²) in [5.41, 5.74) is 20.0. The van der Waals surface area contributed by atoms with E-state index in [0.717, 1.165) is 87.6 Å². The lowest BCUT2D eigenvalue weighted by molar-refractivity contribution is 0.0696. The van der Waals surface area contributed by atoms with Gasteiger partial charge in [0.2, 0.25) is 0 Å². The molecule has 0 aliphatic heterocycles. The van der Waals surface area contributed by atoms with E-state index in [1.807, 2.05) is 79.1 Å². The van der Waals surface area contributed by atoms with Gasteiger partial charge in [-0.15, -0.1) is 0 Å². The Kier molecular flexibility index (Phi) is 9.43. The number of carboxylic acid groups (broad SMARTS) is 1. The van der Waals surface area contributed by atoms with Crippen molar-refractivity contribution in [2.75, 3.05) is 0 Å². The molecule has 1 amide bonds. The van der Waals surface area contributed by atoms with Crippen molar-refractivity contribution in [1.29, 1.82) is 0 Å².